The molecule has 0 amide bonds. The van der Waals surface area contributed by atoms with Crippen LogP contribution in [0, 0.1) is 6.92 Å². The lowest BCUT2D eigenvalue weighted by Gasteiger charge is -2.11. The van der Waals surface area contributed by atoms with Crippen molar-refractivity contribution in [3.8, 4) is 5.88 Å². The van der Waals surface area contributed by atoms with Crippen LogP contribution in [-0.4, -0.2) is 42.1 Å². The summed E-state index contributed by atoms with van der Waals surface area (Å²) >= 11 is 0. The average Bonchev–Trinajstić information content (AvgIpc) is 2.45. The Kier molecular flexibility index (Phi) is 6.94. The summed E-state index contributed by atoms with van der Waals surface area (Å²) in [5.74, 6) is 0.683. The zero-order valence-corrected chi connectivity index (χ0v) is 13.2. The minimum atomic E-state index is 0.679. The fourth-order valence-corrected chi connectivity index (χ4v) is 1.81. The van der Waals surface area contributed by atoms with E-state index >= 15 is 0 Å². The molecule has 20 heavy (non-hydrogen) atoms. The Balaban J connectivity index is 0.000000956. The van der Waals surface area contributed by atoms with Crippen molar-refractivity contribution in [1.82, 2.24) is 14.9 Å². The van der Waals surface area contributed by atoms with E-state index in [4.69, 9.17) is 4.74 Å². The zero-order valence-electron chi connectivity index (χ0n) is 13.2. The molecule has 2 aromatic rings. The number of ether oxygens (including phenoxy) is 1. The van der Waals surface area contributed by atoms with Gasteiger partial charge in [0.2, 0.25) is 5.88 Å². The maximum atomic E-state index is 5.75. The predicted octanol–water partition coefficient (Wildman–Crippen LogP) is 3.29. The van der Waals surface area contributed by atoms with Gasteiger partial charge in [-0.05, 0) is 39.6 Å². The molecule has 1 aromatic carbocycles. The van der Waals surface area contributed by atoms with E-state index in [1.165, 1.54) is 5.56 Å². The van der Waals surface area contributed by atoms with Crippen molar-refractivity contribution >= 4 is 10.9 Å². The van der Waals surface area contributed by atoms with Crippen LogP contribution in [0.3, 0.4) is 0 Å². The van der Waals surface area contributed by atoms with Crippen LogP contribution in [0.25, 0.3) is 10.9 Å². The van der Waals surface area contributed by atoms with Crippen molar-refractivity contribution in [2.24, 2.45) is 0 Å². The van der Waals surface area contributed by atoms with Crippen LogP contribution in [0.2, 0.25) is 0 Å². The summed E-state index contributed by atoms with van der Waals surface area (Å²) in [4.78, 5) is 10.6. The summed E-state index contributed by atoms with van der Waals surface area (Å²) in [6.45, 7) is 7.75. The minimum absolute atomic E-state index is 0.679. The molecule has 0 fully saturated rings. The molecule has 0 N–H and O–H groups in total. The number of aryl methyl sites for hydroxylation is 1. The number of fused-ring (bicyclic) bond motifs is 1. The van der Waals surface area contributed by atoms with Gasteiger partial charge in [-0.25, -0.2) is 9.97 Å². The van der Waals surface area contributed by atoms with E-state index in [-0.39, 0.29) is 0 Å². The number of rotatable bonds is 5. The maximum absolute atomic E-state index is 5.75. The molecule has 0 atom stereocenters. The lowest BCUT2D eigenvalue weighted by molar-refractivity contribution is 0.276. The lowest BCUT2D eigenvalue weighted by atomic mass is 10.2. The van der Waals surface area contributed by atoms with Gasteiger partial charge in [-0.15, -0.1) is 0 Å². The monoisotopic (exact) mass is 275 g/mol. The molecule has 0 saturated heterocycles. The quantitative estimate of drug-likeness (QED) is 0.785. The van der Waals surface area contributed by atoms with Crippen molar-refractivity contribution < 1.29 is 4.74 Å². The topological polar surface area (TPSA) is 38.3 Å². The van der Waals surface area contributed by atoms with E-state index in [0.29, 0.717) is 12.5 Å². The molecule has 0 unspecified atom stereocenters. The van der Waals surface area contributed by atoms with Crippen molar-refractivity contribution in [3.63, 3.8) is 0 Å². The highest BCUT2D eigenvalue weighted by atomic mass is 16.5. The second-order valence-electron chi connectivity index (χ2n) is 4.70. The summed E-state index contributed by atoms with van der Waals surface area (Å²) in [5.41, 5.74) is 2.12. The summed E-state index contributed by atoms with van der Waals surface area (Å²) in [5, 5.41) is 0.988. The first-order valence-corrected chi connectivity index (χ1v) is 7.16. The highest BCUT2D eigenvalue weighted by Gasteiger charge is 2.04. The van der Waals surface area contributed by atoms with Crippen molar-refractivity contribution in [1.29, 1.82) is 0 Å². The molecule has 0 radical (unpaired) electrons. The molecule has 4 heteroatoms. The van der Waals surface area contributed by atoms with E-state index in [1.54, 1.807) is 6.33 Å². The summed E-state index contributed by atoms with van der Waals surface area (Å²) in [6, 6.07) is 6.11. The predicted molar refractivity (Wildman–Crippen MR) is 84.3 cm³/mol. The standard InChI is InChI=1S/C14H19N3O.C2H6/c1-11-5-6-13-12(9-11)14(16-10-15-13)18-8-4-7-17(2)3;1-2/h5-6,9-10H,4,7-8H2,1-3H3;1-2H3. The zero-order chi connectivity index (χ0) is 15.0. The van der Waals surface area contributed by atoms with Gasteiger partial charge in [0.25, 0.3) is 0 Å². The van der Waals surface area contributed by atoms with Gasteiger partial charge in [0, 0.05) is 6.54 Å². The first-order valence-electron chi connectivity index (χ1n) is 7.16. The van der Waals surface area contributed by atoms with Gasteiger partial charge in [-0.2, -0.15) is 0 Å². The van der Waals surface area contributed by atoms with Crippen LogP contribution >= 0.6 is 0 Å². The lowest BCUT2D eigenvalue weighted by Crippen LogP contribution is -2.15. The molecule has 0 aliphatic heterocycles. The van der Waals surface area contributed by atoms with Gasteiger partial charge in [0.05, 0.1) is 17.5 Å². The fraction of sp³-hybridized carbons (Fsp3) is 0.500. The minimum Gasteiger partial charge on any atom is -0.477 e. The van der Waals surface area contributed by atoms with Gasteiger partial charge in [-0.3, -0.25) is 0 Å². The summed E-state index contributed by atoms with van der Waals surface area (Å²) < 4.78 is 5.75. The van der Waals surface area contributed by atoms with Crippen LogP contribution in [-0.2, 0) is 0 Å². The Morgan fingerprint density at radius 3 is 2.60 bits per heavy atom. The largest absolute Gasteiger partial charge is 0.477 e. The number of hydrogen-bond donors (Lipinski definition) is 0. The van der Waals surface area contributed by atoms with Crippen molar-refractivity contribution in [3.05, 3.63) is 30.1 Å². The Bertz CT molecular complexity index is 526. The molecule has 1 aromatic heterocycles. The van der Waals surface area contributed by atoms with Gasteiger partial charge >= 0.3 is 0 Å². The molecule has 110 valence electrons. The molecular formula is C16H25N3O. The van der Waals surface area contributed by atoms with Crippen LogP contribution in [0.1, 0.15) is 25.8 Å². The number of nitrogens with zero attached hydrogens (tertiary/aromatic N) is 3. The third kappa shape index (κ3) is 4.78. The van der Waals surface area contributed by atoms with Gasteiger partial charge in [0.1, 0.15) is 6.33 Å². The molecule has 0 saturated carbocycles. The number of hydrogen-bond acceptors (Lipinski definition) is 4. The van der Waals surface area contributed by atoms with Crippen LogP contribution in [0.15, 0.2) is 24.5 Å². The molecule has 0 spiro atoms. The van der Waals surface area contributed by atoms with Crippen LogP contribution in [0.4, 0.5) is 0 Å². The second kappa shape index (κ2) is 8.48. The SMILES string of the molecule is CC.Cc1ccc2ncnc(OCCCN(C)C)c2c1. The third-order valence-corrected chi connectivity index (χ3v) is 2.74. The molecule has 0 aliphatic rings. The Labute approximate surface area is 121 Å². The molecule has 0 bridgehead atoms. The van der Waals surface area contributed by atoms with Crippen molar-refractivity contribution in [2.45, 2.75) is 27.2 Å². The molecular weight excluding hydrogens is 250 g/mol. The first-order chi connectivity index (χ1) is 9.66. The summed E-state index contributed by atoms with van der Waals surface area (Å²) in [6.07, 6.45) is 2.54. The normalized spacial score (nSPS) is 10.3. The maximum Gasteiger partial charge on any atom is 0.224 e. The molecule has 1 heterocycles. The van der Waals surface area contributed by atoms with E-state index in [1.807, 2.05) is 26.0 Å². The molecule has 2 rings (SSSR count). The number of aromatic nitrogens is 2. The average molecular weight is 275 g/mol. The Morgan fingerprint density at radius 1 is 1.15 bits per heavy atom. The Morgan fingerprint density at radius 2 is 1.90 bits per heavy atom. The van der Waals surface area contributed by atoms with Gasteiger partial charge in [0.15, 0.2) is 0 Å². The highest BCUT2D eigenvalue weighted by molar-refractivity contribution is 5.83. The summed E-state index contributed by atoms with van der Waals surface area (Å²) in [7, 11) is 4.12. The second-order valence-corrected chi connectivity index (χ2v) is 4.70. The molecule has 0 aliphatic carbocycles. The van der Waals surface area contributed by atoms with Crippen LogP contribution in [0.5, 0.6) is 5.88 Å². The first kappa shape index (κ1) is 16.4. The smallest absolute Gasteiger partial charge is 0.224 e. The highest BCUT2D eigenvalue weighted by Crippen LogP contribution is 2.22. The van der Waals surface area contributed by atoms with E-state index < -0.39 is 0 Å². The Hall–Kier alpha value is -1.68. The fourth-order valence-electron chi connectivity index (χ4n) is 1.81. The van der Waals surface area contributed by atoms with Gasteiger partial charge < -0.3 is 9.64 Å². The van der Waals surface area contributed by atoms with E-state index in [0.717, 1.165) is 23.9 Å². The molecule has 4 nitrogen and oxygen atoms in total. The number of benzene rings is 1. The third-order valence-electron chi connectivity index (χ3n) is 2.74. The van der Waals surface area contributed by atoms with Crippen molar-refractivity contribution in [2.75, 3.05) is 27.2 Å². The van der Waals surface area contributed by atoms with Gasteiger partial charge in [-0.1, -0.05) is 25.5 Å². The van der Waals surface area contributed by atoms with E-state index in [2.05, 4.69) is 42.0 Å². The van der Waals surface area contributed by atoms with E-state index in [9.17, 15) is 0 Å². The van der Waals surface area contributed by atoms with Crippen LogP contribution < -0.4 is 4.74 Å².